The number of carboxylic acids is 1. The quantitative estimate of drug-likeness (QED) is 0.0976. The third-order valence-electron chi connectivity index (χ3n) is 15.1. The molecule has 0 radical (unpaired) electrons. The number of nitrogens with zero attached hydrogens (tertiary/aromatic N) is 7. The number of carboxylic acid groups (broad SMARTS) is 1. The van der Waals surface area contributed by atoms with Gasteiger partial charge >= 0.3 is 5.97 Å². The molecule has 3 amide bonds. The fraction of sp³-hybridized carbons (Fsp3) is 0.364. The van der Waals surface area contributed by atoms with Crippen LogP contribution in [-0.2, 0) is 29.6 Å². The predicted octanol–water partition coefficient (Wildman–Crippen LogP) is 8.06. The maximum absolute atomic E-state index is 13.7. The van der Waals surface area contributed by atoms with Crippen LogP contribution in [0.1, 0.15) is 94.1 Å². The van der Waals surface area contributed by atoms with Crippen molar-refractivity contribution in [2.24, 2.45) is 13.0 Å². The van der Waals surface area contributed by atoms with Crippen LogP contribution in [0.15, 0.2) is 91.0 Å². The smallest absolute Gasteiger partial charge is 0.355 e. The first kappa shape index (κ1) is 47.0. The number of thiazole rings is 1. The molecule has 2 atom stereocenters. The number of para-hydroxylation sites is 1. The number of ether oxygens (including phenoxy) is 1. The van der Waals surface area contributed by atoms with Crippen molar-refractivity contribution in [3.63, 3.8) is 0 Å². The molecule has 3 aromatic heterocycles. The van der Waals surface area contributed by atoms with E-state index in [9.17, 15) is 29.4 Å². The largest absolute Gasteiger partial charge is 0.490 e. The van der Waals surface area contributed by atoms with E-state index in [0.29, 0.717) is 79.7 Å². The molecule has 16 nitrogen and oxygen atoms in total. The number of hydrogen-bond donors (Lipinski definition) is 4. The van der Waals surface area contributed by atoms with Gasteiger partial charge in [0.25, 0.3) is 5.91 Å². The first-order chi connectivity index (χ1) is 34.9. The van der Waals surface area contributed by atoms with E-state index >= 15 is 0 Å². The molecule has 0 bridgehead atoms. The van der Waals surface area contributed by atoms with Gasteiger partial charge in [0, 0.05) is 74.9 Å². The molecule has 3 aliphatic heterocycles. The van der Waals surface area contributed by atoms with Gasteiger partial charge in [-0.25, -0.2) is 14.8 Å². The highest BCUT2D eigenvalue weighted by atomic mass is 32.1. The molecule has 2 unspecified atom stereocenters. The van der Waals surface area contributed by atoms with Gasteiger partial charge in [0.15, 0.2) is 10.8 Å². The van der Waals surface area contributed by atoms with Crippen LogP contribution in [0.2, 0.25) is 0 Å². The Hall–Kier alpha value is -7.37. The number of aromatic carboxylic acids is 1. The number of fused-ring (bicyclic) bond motifs is 3. The van der Waals surface area contributed by atoms with Gasteiger partial charge in [-0.2, -0.15) is 5.10 Å². The van der Waals surface area contributed by atoms with Crippen LogP contribution in [0.5, 0.6) is 5.75 Å². The number of pyridine rings is 1. The number of nitrogens with one attached hydrogen (secondary N) is 2. The number of carbonyl (C=O) groups excluding carboxylic acids is 3. The molecule has 11 rings (SSSR count). The van der Waals surface area contributed by atoms with Gasteiger partial charge in [-0.05, 0) is 135 Å². The Kier molecular flexibility index (Phi) is 12.8. The summed E-state index contributed by atoms with van der Waals surface area (Å²) in [6, 6.07) is 29.2. The summed E-state index contributed by atoms with van der Waals surface area (Å²) in [5, 5.41) is 32.2. The summed E-state index contributed by atoms with van der Waals surface area (Å²) in [6.07, 6.45) is 4.81. The molecule has 1 aliphatic carbocycles. The maximum Gasteiger partial charge on any atom is 0.355 e. The van der Waals surface area contributed by atoms with Crippen LogP contribution < -0.4 is 25.2 Å². The Morgan fingerprint density at radius 1 is 0.847 bits per heavy atom. The second-order valence-electron chi connectivity index (χ2n) is 19.6. The minimum atomic E-state index is -1.13. The molecule has 3 fully saturated rings. The summed E-state index contributed by atoms with van der Waals surface area (Å²) in [4.78, 5) is 68.5. The van der Waals surface area contributed by atoms with E-state index < -0.39 is 18.1 Å². The lowest BCUT2D eigenvalue weighted by Gasteiger charge is -2.37. The van der Waals surface area contributed by atoms with Crippen LogP contribution in [-0.4, -0.2) is 104 Å². The fourth-order valence-corrected chi connectivity index (χ4v) is 12.0. The fourth-order valence-electron chi connectivity index (χ4n) is 11.1. The topological polar surface area (TPSA) is 195 Å². The van der Waals surface area contributed by atoms with Gasteiger partial charge in [0.2, 0.25) is 11.8 Å². The Bertz CT molecular complexity index is 3210. The highest BCUT2D eigenvalue weighted by Crippen LogP contribution is 2.38. The number of carbonyl (C=O) groups is 4. The molecule has 0 spiro atoms. The highest BCUT2D eigenvalue weighted by molar-refractivity contribution is 7.22. The first-order valence-electron chi connectivity index (χ1n) is 25.0. The molecule has 7 aromatic rings. The number of piperidine rings is 1. The molecule has 4 aromatic carbocycles. The number of aromatic nitrogens is 4. The van der Waals surface area contributed by atoms with Crippen molar-refractivity contribution in [3.05, 3.63) is 125 Å². The van der Waals surface area contributed by atoms with Crippen LogP contribution in [0.4, 0.5) is 16.6 Å². The standard InChI is InChI=1S/C55H57N9O7S/c1-32-37(38-19-21-47(57-51(38)54(69)70)64-24-23-34-7-5-9-39(42(34)31-64)52(67)59-55-56-43-10-3-4-12-46(43)72-55)8-6-11-45(32)71-36-16-13-33(14-17-36)29-49(66)63-27-25-62(26-28-63)35-15-18-40-44(30-35)61(2)60-50(40)41-20-22-48(65)58-53(41)68/h3-12,15,18-19,21,30,33,36,41,48,65H,13-14,16-17,20,22-29,31H2,1-2H3,(H,58,68)(H,69,70)(H,56,59,67)/t33-,36-,41?,48?. The van der Waals surface area contributed by atoms with Gasteiger partial charge in [0.05, 0.1) is 33.4 Å². The number of piperazine rings is 1. The predicted molar refractivity (Wildman–Crippen MR) is 277 cm³/mol. The van der Waals surface area contributed by atoms with Gasteiger partial charge < -0.3 is 35.0 Å². The summed E-state index contributed by atoms with van der Waals surface area (Å²) < 4.78 is 9.45. The van der Waals surface area contributed by atoms with Crippen LogP contribution in [0.3, 0.4) is 0 Å². The van der Waals surface area contributed by atoms with E-state index in [0.717, 1.165) is 93.5 Å². The van der Waals surface area contributed by atoms with Crippen LogP contribution in [0.25, 0.3) is 32.2 Å². The van der Waals surface area contributed by atoms with Crippen molar-refractivity contribution in [1.82, 2.24) is 30.0 Å². The molecule has 72 heavy (non-hydrogen) atoms. The molecular weight excluding hydrogens is 931 g/mol. The summed E-state index contributed by atoms with van der Waals surface area (Å²) in [6.45, 7) is 5.71. The van der Waals surface area contributed by atoms with Gasteiger partial charge in [-0.1, -0.05) is 47.7 Å². The van der Waals surface area contributed by atoms with Gasteiger partial charge in [0.1, 0.15) is 17.8 Å². The minimum Gasteiger partial charge on any atom is -0.490 e. The average molecular weight is 988 g/mol. The normalized spacial score (nSPS) is 20.3. The summed E-state index contributed by atoms with van der Waals surface area (Å²) in [5.74, 6) is -0.261. The lowest BCUT2D eigenvalue weighted by molar-refractivity contribution is -0.133. The third-order valence-corrected chi connectivity index (χ3v) is 16.1. The van der Waals surface area contributed by atoms with E-state index in [1.165, 1.54) is 11.3 Å². The maximum atomic E-state index is 13.7. The molecule has 4 N–H and O–H groups in total. The highest BCUT2D eigenvalue weighted by Gasteiger charge is 2.33. The molecule has 370 valence electrons. The van der Waals surface area contributed by atoms with Gasteiger partial charge in [-0.15, -0.1) is 0 Å². The summed E-state index contributed by atoms with van der Waals surface area (Å²) >= 11 is 1.43. The second kappa shape index (κ2) is 19.7. The molecule has 1 saturated carbocycles. The summed E-state index contributed by atoms with van der Waals surface area (Å²) in [5.41, 5.74) is 8.10. The molecule has 2 saturated heterocycles. The van der Waals surface area contributed by atoms with Crippen molar-refractivity contribution in [3.8, 4) is 16.9 Å². The van der Waals surface area contributed by atoms with Gasteiger partial charge in [-0.3, -0.25) is 24.4 Å². The monoisotopic (exact) mass is 987 g/mol. The lowest BCUT2D eigenvalue weighted by Crippen LogP contribution is -2.49. The Balaban J connectivity index is 0.689. The summed E-state index contributed by atoms with van der Waals surface area (Å²) in [7, 11) is 1.89. The van der Waals surface area contributed by atoms with E-state index in [1.54, 1.807) is 0 Å². The Labute approximate surface area is 420 Å². The Morgan fingerprint density at radius 2 is 1.65 bits per heavy atom. The number of amides is 3. The van der Waals surface area contributed by atoms with Crippen molar-refractivity contribution < 1.29 is 34.1 Å². The molecule has 6 heterocycles. The average Bonchev–Trinajstić information content (AvgIpc) is 3.96. The zero-order chi connectivity index (χ0) is 49.6. The van der Waals surface area contributed by atoms with E-state index in [-0.39, 0.29) is 35.4 Å². The first-order valence-corrected chi connectivity index (χ1v) is 25.8. The second-order valence-corrected chi connectivity index (χ2v) is 20.6. The zero-order valence-corrected chi connectivity index (χ0v) is 41.2. The molecule has 17 heteroatoms. The number of benzene rings is 4. The molecule has 4 aliphatic rings. The van der Waals surface area contributed by atoms with E-state index in [2.05, 4.69) is 32.7 Å². The lowest BCUT2D eigenvalue weighted by atomic mass is 9.85. The number of hydrogen-bond acceptors (Lipinski definition) is 12. The molecular formula is C55H57N9O7S. The number of anilines is 3. The number of rotatable bonds is 11. The van der Waals surface area contributed by atoms with Crippen LogP contribution in [0, 0.1) is 12.8 Å². The van der Waals surface area contributed by atoms with E-state index in [1.807, 2.05) is 107 Å². The number of aliphatic hydroxyl groups excluding tert-OH is 1. The van der Waals surface area contributed by atoms with Crippen molar-refractivity contribution in [2.45, 2.75) is 83.1 Å². The third kappa shape index (κ3) is 9.34. The van der Waals surface area contributed by atoms with Crippen molar-refractivity contribution in [2.75, 3.05) is 47.8 Å². The Morgan fingerprint density at radius 3 is 2.44 bits per heavy atom. The number of aryl methyl sites for hydroxylation is 1. The van der Waals surface area contributed by atoms with Crippen molar-refractivity contribution in [1.29, 1.82) is 0 Å². The van der Waals surface area contributed by atoms with Crippen LogP contribution >= 0.6 is 11.3 Å². The SMILES string of the molecule is Cc1c(O[C@H]2CC[C@H](CC(=O)N3CCN(c4ccc5c(C6CCC(O)NC6=O)nn(C)c5c4)CC3)CC2)cccc1-c1ccc(N2CCc3cccc(C(=O)Nc4nc5ccccc5s4)c3C2)nc1C(=O)O. The zero-order valence-electron chi connectivity index (χ0n) is 40.3. The van der Waals surface area contributed by atoms with E-state index in [4.69, 9.17) is 14.8 Å². The number of aliphatic hydroxyl groups is 1. The minimum absolute atomic E-state index is 0.0241. The van der Waals surface area contributed by atoms with Crippen molar-refractivity contribution >= 4 is 72.8 Å².